The topological polar surface area (TPSA) is 58.6 Å². The van der Waals surface area contributed by atoms with E-state index in [2.05, 4.69) is 21.2 Å². The molecule has 0 aliphatic heterocycles. The van der Waals surface area contributed by atoms with E-state index in [9.17, 15) is 9.59 Å². The van der Waals surface area contributed by atoms with Gasteiger partial charge in [-0.25, -0.2) is 0 Å². The van der Waals surface area contributed by atoms with Crippen LogP contribution in [0.5, 0.6) is 5.75 Å². The zero-order valence-electron chi connectivity index (χ0n) is 19.0. The number of ether oxygens (including phenoxy) is 1. The van der Waals surface area contributed by atoms with E-state index in [1.807, 2.05) is 68.4 Å². The Morgan fingerprint density at radius 3 is 2.48 bits per heavy atom. The fourth-order valence-corrected chi connectivity index (χ4v) is 4.21. The summed E-state index contributed by atoms with van der Waals surface area (Å²) in [6.07, 6.45) is 0.802. The van der Waals surface area contributed by atoms with E-state index in [1.165, 1.54) is 4.90 Å². The van der Waals surface area contributed by atoms with Crippen LogP contribution in [0, 0.1) is 0 Å². The first kappa shape index (κ1) is 25.1. The maximum atomic E-state index is 13.3. The van der Waals surface area contributed by atoms with E-state index in [1.54, 1.807) is 13.0 Å². The summed E-state index contributed by atoms with van der Waals surface area (Å²) in [5, 5.41) is 5.56. The van der Waals surface area contributed by atoms with E-state index in [0.29, 0.717) is 10.8 Å². The molecule has 3 aromatic rings. The molecule has 2 atom stereocenters. The van der Waals surface area contributed by atoms with Crippen LogP contribution < -0.4 is 10.1 Å². The molecule has 3 aromatic carbocycles. The molecule has 0 saturated carbocycles. The number of halogens is 2. The molecule has 2 amide bonds. The van der Waals surface area contributed by atoms with Gasteiger partial charge in [0.05, 0.1) is 4.47 Å². The molecule has 174 valence electrons. The molecule has 1 N–H and O–H groups in total. The normalized spacial score (nSPS) is 12.8. The Hall–Kier alpha value is -2.57. The van der Waals surface area contributed by atoms with Crippen molar-refractivity contribution >= 4 is 50.1 Å². The largest absolute Gasteiger partial charge is 0.483 e. The van der Waals surface area contributed by atoms with E-state index < -0.39 is 6.04 Å². The molecule has 33 heavy (non-hydrogen) atoms. The summed E-state index contributed by atoms with van der Waals surface area (Å²) in [5.41, 5.74) is 0.766. The predicted molar refractivity (Wildman–Crippen MR) is 137 cm³/mol. The van der Waals surface area contributed by atoms with E-state index in [-0.39, 0.29) is 31.0 Å². The zero-order chi connectivity index (χ0) is 24.0. The SMILES string of the molecule is CCC(C)NC(=O)C(C)N(Cc1ccccc1Cl)C(=O)COc1ccc2ccccc2c1Br. The molecule has 0 radical (unpaired) electrons. The minimum absolute atomic E-state index is 0.0158. The summed E-state index contributed by atoms with van der Waals surface area (Å²) in [7, 11) is 0. The van der Waals surface area contributed by atoms with Gasteiger partial charge in [-0.3, -0.25) is 9.59 Å². The number of benzene rings is 3. The Kier molecular flexibility index (Phi) is 8.75. The molecule has 0 aromatic heterocycles. The number of hydrogen-bond acceptors (Lipinski definition) is 3. The molecule has 0 fully saturated rings. The van der Waals surface area contributed by atoms with Crippen molar-refractivity contribution in [1.82, 2.24) is 10.2 Å². The van der Waals surface area contributed by atoms with Crippen LogP contribution in [0.15, 0.2) is 65.1 Å². The zero-order valence-corrected chi connectivity index (χ0v) is 21.3. The van der Waals surface area contributed by atoms with E-state index in [0.717, 1.165) is 27.2 Å². The van der Waals surface area contributed by atoms with Gasteiger partial charge in [0.25, 0.3) is 5.91 Å². The highest BCUT2D eigenvalue weighted by molar-refractivity contribution is 9.10. The summed E-state index contributed by atoms with van der Waals surface area (Å²) in [5.74, 6) is 0.0508. The number of carbonyl (C=O) groups is 2. The van der Waals surface area contributed by atoms with Crippen molar-refractivity contribution in [2.75, 3.05) is 6.61 Å². The number of nitrogens with one attached hydrogen (secondary N) is 1. The van der Waals surface area contributed by atoms with Gasteiger partial charge in [0.2, 0.25) is 5.91 Å². The van der Waals surface area contributed by atoms with Crippen LogP contribution >= 0.6 is 27.5 Å². The molecular weight excluding hydrogens is 504 g/mol. The predicted octanol–water partition coefficient (Wildman–Crippen LogP) is 5.97. The average Bonchev–Trinajstić information content (AvgIpc) is 2.82. The molecule has 0 heterocycles. The monoisotopic (exact) mass is 530 g/mol. The Morgan fingerprint density at radius 1 is 1.06 bits per heavy atom. The highest BCUT2D eigenvalue weighted by Gasteiger charge is 2.27. The van der Waals surface area contributed by atoms with Gasteiger partial charge in [-0.2, -0.15) is 0 Å². The maximum Gasteiger partial charge on any atom is 0.261 e. The van der Waals surface area contributed by atoms with E-state index in [4.69, 9.17) is 16.3 Å². The van der Waals surface area contributed by atoms with Gasteiger partial charge < -0.3 is 15.0 Å². The van der Waals surface area contributed by atoms with Crippen LogP contribution in [0.4, 0.5) is 0 Å². The lowest BCUT2D eigenvalue weighted by Crippen LogP contribution is -2.50. The van der Waals surface area contributed by atoms with Crippen molar-refractivity contribution in [2.45, 2.75) is 45.8 Å². The van der Waals surface area contributed by atoms with Gasteiger partial charge in [0.1, 0.15) is 11.8 Å². The molecule has 2 unspecified atom stereocenters. The number of hydrogen-bond donors (Lipinski definition) is 1. The lowest BCUT2D eigenvalue weighted by Gasteiger charge is -2.30. The minimum atomic E-state index is -0.689. The van der Waals surface area contributed by atoms with Crippen molar-refractivity contribution in [3.63, 3.8) is 0 Å². The third-order valence-electron chi connectivity index (χ3n) is 5.65. The maximum absolute atomic E-state index is 13.3. The standard InChI is InChI=1S/C26H28BrClN2O3/c1-4-17(2)29-26(32)18(3)30(15-20-10-6-8-12-22(20)28)24(31)16-33-23-14-13-19-9-5-7-11-21(19)25(23)27/h5-14,17-18H,4,15-16H2,1-3H3,(H,29,32). The second-order valence-corrected chi connectivity index (χ2v) is 9.19. The summed E-state index contributed by atoms with van der Waals surface area (Å²) in [6.45, 7) is 5.65. The second-order valence-electron chi connectivity index (χ2n) is 7.99. The number of fused-ring (bicyclic) bond motifs is 1. The summed E-state index contributed by atoms with van der Waals surface area (Å²) >= 11 is 9.93. The first-order chi connectivity index (χ1) is 15.8. The third kappa shape index (κ3) is 6.27. The average molecular weight is 532 g/mol. The van der Waals surface area contributed by atoms with Gasteiger partial charge in [-0.05, 0) is 64.7 Å². The lowest BCUT2D eigenvalue weighted by molar-refractivity contribution is -0.142. The number of carbonyl (C=O) groups excluding carboxylic acids is 2. The highest BCUT2D eigenvalue weighted by atomic mass is 79.9. The first-order valence-electron chi connectivity index (χ1n) is 10.9. The van der Waals surface area contributed by atoms with Gasteiger partial charge in [-0.15, -0.1) is 0 Å². The van der Waals surface area contributed by atoms with Crippen LogP contribution in [0.3, 0.4) is 0 Å². The van der Waals surface area contributed by atoms with Gasteiger partial charge in [-0.1, -0.05) is 67.1 Å². The summed E-state index contributed by atoms with van der Waals surface area (Å²) in [4.78, 5) is 27.6. The summed E-state index contributed by atoms with van der Waals surface area (Å²) in [6, 6.07) is 18.3. The molecule has 0 saturated heterocycles. The molecule has 3 rings (SSSR count). The number of amides is 2. The highest BCUT2D eigenvalue weighted by Crippen LogP contribution is 2.33. The van der Waals surface area contributed by atoms with Crippen molar-refractivity contribution in [3.05, 3.63) is 75.7 Å². The Morgan fingerprint density at radius 2 is 1.76 bits per heavy atom. The van der Waals surface area contributed by atoms with Crippen LogP contribution in [0.25, 0.3) is 10.8 Å². The second kappa shape index (κ2) is 11.5. The molecule has 7 heteroatoms. The quantitative estimate of drug-likeness (QED) is 0.370. The Balaban J connectivity index is 1.80. The fourth-order valence-electron chi connectivity index (χ4n) is 3.41. The smallest absolute Gasteiger partial charge is 0.261 e. The molecular formula is C26H28BrClN2O3. The van der Waals surface area contributed by atoms with Gasteiger partial charge >= 0.3 is 0 Å². The summed E-state index contributed by atoms with van der Waals surface area (Å²) < 4.78 is 6.67. The van der Waals surface area contributed by atoms with Gasteiger partial charge in [0.15, 0.2) is 6.61 Å². The first-order valence-corrected chi connectivity index (χ1v) is 12.1. The molecule has 0 bridgehead atoms. The Bertz CT molecular complexity index is 1140. The van der Waals surface area contributed by atoms with Gasteiger partial charge in [0, 0.05) is 17.6 Å². The minimum Gasteiger partial charge on any atom is -0.483 e. The molecule has 5 nitrogen and oxygen atoms in total. The lowest BCUT2D eigenvalue weighted by atomic mass is 10.1. The number of nitrogens with zero attached hydrogens (tertiary/aromatic N) is 1. The fraction of sp³-hybridized carbons (Fsp3) is 0.308. The Labute approximate surface area is 208 Å². The number of rotatable bonds is 9. The van der Waals surface area contributed by atoms with E-state index >= 15 is 0 Å². The van der Waals surface area contributed by atoms with Crippen molar-refractivity contribution < 1.29 is 14.3 Å². The van der Waals surface area contributed by atoms with Crippen molar-refractivity contribution in [2.24, 2.45) is 0 Å². The molecule has 0 aliphatic carbocycles. The molecule has 0 aliphatic rings. The van der Waals surface area contributed by atoms with Crippen molar-refractivity contribution in [1.29, 1.82) is 0 Å². The molecule has 0 spiro atoms. The van der Waals surface area contributed by atoms with Crippen LogP contribution in [-0.4, -0.2) is 35.4 Å². The van der Waals surface area contributed by atoms with Crippen molar-refractivity contribution in [3.8, 4) is 5.75 Å². The van der Waals surface area contributed by atoms with Crippen LogP contribution in [0.1, 0.15) is 32.8 Å². The third-order valence-corrected chi connectivity index (χ3v) is 6.83. The van der Waals surface area contributed by atoms with Crippen LogP contribution in [-0.2, 0) is 16.1 Å². The van der Waals surface area contributed by atoms with Crippen LogP contribution in [0.2, 0.25) is 5.02 Å².